The van der Waals surface area contributed by atoms with Crippen molar-refractivity contribution in [3.63, 3.8) is 0 Å². The van der Waals surface area contributed by atoms with E-state index in [1.54, 1.807) is 0 Å². The molecule has 1 saturated heterocycles. The van der Waals surface area contributed by atoms with Crippen molar-refractivity contribution in [1.82, 2.24) is 9.80 Å². The lowest BCUT2D eigenvalue weighted by atomic mass is 9.88. The van der Waals surface area contributed by atoms with E-state index in [1.807, 2.05) is 34.1 Å². The minimum absolute atomic E-state index is 0.0504. The van der Waals surface area contributed by atoms with E-state index in [0.29, 0.717) is 31.1 Å². The molecule has 2 aliphatic rings. The summed E-state index contributed by atoms with van der Waals surface area (Å²) in [5.74, 6) is 0.573. The Kier molecular flexibility index (Phi) is 5.93. The van der Waals surface area contributed by atoms with Gasteiger partial charge in [0, 0.05) is 36.6 Å². The van der Waals surface area contributed by atoms with Crippen molar-refractivity contribution in [3.8, 4) is 0 Å². The molecule has 0 unspecified atom stereocenters. The molecule has 130 valence electrons. The van der Waals surface area contributed by atoms with Crippen molar-refractivity contribution in [3.05, 3.63) is 34.3 Å². The fourth-order valence-electron chi connectivity index (χ4n) is 3.75. The van der Waals surface area contributed by atoms with Crippen LogP contribution in [0.25, 0.3) is 0 Å². The van der Waals surface area contributed by atoms with Gasteiger partial charge in [-0.3, -0.25) is 9.59 Å². The number of carbonyl (C=O) groups excluding carboxylic acids is 2. The zero-order valence-corrected chi connectivity index (χ0v) is 15.6. The Morgan fingerprint density at radius 2 is 1.54 bits per heavy atom. The normalized spacial score (nSPS) is 19.9. The first-order valence-corrected chi connectivity index (χ1v) is 9.78. The molecule has 1 aromatic carbocycles. The van der Waals surface area contributed by atoms with Crippen molar-refractivity contribution in [1.29, 1.82) is 0 Å². The number of rotatable bonds is 2. The van der Waals surface area contributed by atoms with E-state index >= 15 is 0 Å². The van der Waals surface area contributed by atoms with Gasteiger partial charge in [0.2, 0.25) is 5.91 Å². The topological polar surface area (TPSA) is 40.6 Å². The highest BCUT2D eigenvalue weighted by Crippen LogP contribution is 2.26. The number of carbonyl (C=O) groups is 2. The molecule has 0 aromatic heterocycles. The van der Waals surface area contributed by atoms with Crippen LogP contribution < -0.4 is 0 Å². The Hall–Kier alpha value is -1.36. The van der Waals surface area contributed by atoms with Gasteiger partial charge in [0.15, 0.2) is 0 Å². The summed E-state index contributed by atoms with van der Waals surface area (Å²) >= 11 is 3.46. The summed E-state index contributed by atoms with van der Waals surface area (Å²) in [6.07, 6.45) is 6.55. The summed E-state index contributed by atoms with van der Waals surface area (Å²) in [4.78, 5) is 29.3. The van der Waals surface area contributed by atoms with Crippen LogP contribution in [0.15, 0.2) is 28.7 Å². The first kappa shape index (κ1) is 17.5. The fraction of sp³-hybridized carbons (Fsp3) is 0.579. The third-order valence-corrected chi connectivity index (χ3v) is 5.84. The van der Waals surface area contributed by atoms with Gasteiger partial charge in [-0.1, -0.05) is 31.4 Å². The molecule has 2 fully saturated rings. The van der Waals surface area contributed by atoms with Crippen LogP contribution in [-0.2, 0) is 4.79 Å². The van der Waals surface area contributed by atoms with Gasteiger partial charge in [-0.25, -0.2) is 0 Å². The molecule has 3 rings (SSSR count). The van der Waals surface area contributed by atoms with Crippen LogP contribution in [-0.4, -0.2) is 47.8 Å². The highest BCUT2D eigenvalue weighted by molar-refractivity contribution is 9.10. The molecule has 0 N–H and O–H groups in total. The lowest BCUT2D eigenvalue weighted by molar-refractivity contribution is -0.136. The smallest absolute Gasteiger partial charge is 0.255 e. The van der Waals surface area contributed by atoms with E-state index in [0.717, 1.165) is 30.3 Å². The molecule has 0 atom stereocenters. The Labute approximate surface area is 152 Å². The van der Waals surface area contributed by atoms with Crippen LogP contribution in [0.4, 0.5) is 0 Å². The van der Waals surface area contributed by atoms with Gasteiger partial charge in [0.25, 0.3) is 5.91 Å². The van der Waals surface area contributed by atoms with E-state index in [2.05, 4.69) is 15.9 Å². The minimum atomic E-state index is 0.0504. The van der Waals surface area contributed by atoms with E-state index in [4.69, 9.17) is 0 Å². The standard InChI is InChI=1S/C19H25BrN2O2/c20-17-10-5-4-9-16(17)19(24)22-12-6-11-21(13-14-22)18(23)15-7-2-1-3-8-15/h4-5,9-10,15H,1-3,6-8,11-14H2. The maximum absolute atomic E-state index is 12.7. The molecule has 1 saturated carbocycles. The molecule has 0 spiro atoms. The molecule has 0 bridgehead atoms. The van der Waals surface area contributed by atoms with Crippen molar-refractivity contribution < 1.29 is 9.59 Å². The molecule has 2 amide bonds. The third kappa shape index (κ3) is 4.00. The summed E-state index contributed by atoms with van der Waals surface area (Å²) in [7, 11) is 0. The van der Waals surface area contributed by atoms with Crippen LogP contribution in [0.1, 0.15) is 48.9 Å². The quantitative estimate of drug-likeness (QED) is 0.769. The van der Waals surface area contributed by atoms with Crippen LogP contribution in [0, 0.1) is 5.92 Å². The lowest BCUT2D eigenvalue weighted by Gasteiger charge is -2.28. The van der Waals surface area contributed by atoms with Gasteiger partial charge in [-0.15, -0.1) is 0 Å². The highest BCUT2D eigenvalue weighted by Gasteiger charge is 2.28. The number of nitrogens with zero attached hydrogens (tertiary/aromatic N) is 2. The highest BCUT2D eigenvalue weighted by atomic mass is 79.9. The number of halogens is 1. The molecule has 0 radical (unpaired) electrons. The van der Waals surface area contributed by atoms with Crippen LogP contribution >= 0.6 is 15.9 Å². The van der Waals surface area contributed by atoms with Gasteiger partial charge < -0.3 is 9.80 Å². The summed E-state index contributed by atoms with van der Waals surface area (Å²) in [5.41, 5.74) is 0.699. The average molecular weight is 393 g/mol. The number of benzene rings is 1. The molecular formula is C19H25BrN2O2. The number of amides is 2. The second kappa shape index (κ2) is 8.15. The van der Waals surface area contributed by atoms with Gasteiger partial charge >= 0.3 is 0 Å². The van der Waals surface area contributed by atoms with E-state index < -0.39 is 0 Å². The maximum Gasteiger partial charge on any atom is 0.255 e. The van der Waals surface area contributed by atoms with E-state index in [1.165, 1.54) is 19.3 Å². The Morgan fingerprint density at radius 1 is 0.875 bits per heavy atom. The molecular weight excluding hydrogens is 368 g/mol. The van der Waals surface area contributed by atoms with Crippen molar-refractivity contribution in [2.24, 2.45) is 5.92 Å². The van der Waals surface area contributed by atoms with Gasteiger partial charge in [0.1, 0.15) is 0 Å². The first-order chi connectivity index (χ1) is 11.7. The molecule has 4 nitrogen and oxygen atoms in total. The Bertz CT molecular complexity index is 599. The Morgan fingerprint density at radius 3 is 2.29 bits per heavy atom. The summed E-state index contributed by atoms with van der Waals surface area (Å²) in [6.45, 7) is 2.77. The molecule has 1 aliphatic carbocycles. The maximum atomic E-state index is 12.7. The fourth-order valence-corrected chi connectivity index (χ4v) is 4.21. The van der Waals surface area contributed by atoms with Crippen molar-refractivity contribution in [2.45, 2.75) is 38.5 Å². The third-order valence-electron chi connectivity index (χ3n) is 5.15. The number of hydrogen-bond donors (Lipinski definition) is 0. The van der Waals surface area contributed by atoms with Crippen molar-refractivity contribution >= 4 is 27.7 Å². The zero-order chi connectivity index (χ0) is 16.9. The summed E-state index contributed by atoms with van der Waals surface area (Å²) in [5, 5.41) is 0. The van der Waals surface area contributed by atoms with Crippen LogP contribution in [0.3, 0.4) is 0 Å². The summed E-state index contributed by atoms with van der Waals surface area (Å²) < 4.78 is 0.828. The van der Waals surface area contributed by atoms with Gasteiger partial charge in [-0.05, 0) is 47.3 Å². The molecule has 1 aliphatic heterocycles. The van der Waals surface area contributed by atoms with Gasteiger partial charge in [0.05, 0.1) is 5.56 Å². The first-order valence-electron chi connectivity index (χ1n) is 8.99. The largest absolute Gasteiger partial charge is 0.341 e. The predicted octanol–water partition coefficient (Wildman–Crippen LogP) is 3.70. The SMILES string of the molecule is O=C(c1ccccc1Br)N1CCCN(C(=O)C2CCCCC2)CC1. The lowest BCUT2D eigenvalue weighted by Crippen LogP contribution is -2.40. The second-order valence-electron chi connectivity index (χ2n) is 6.79. The number of hydrogen-bond acceptors (Lipinski definition) is 2. The minimum Gasteiger partial charge on any atom is -0.341 e. The van der Waals surface area contributed by atoms with E-state index in [-0.39, 0.29) is 11.8 Å². The van der Waals surface area contributed by atoms with Crippen LogP contribution in [0.5, 0.6) is 0 Å². The molecule has 24 heavy (non-hydrogen) atoms. The molecule has 5 heteroatoms. The van der Waals surface area contributed by atoms with E-state index in [9.17, 15) is 9.59 Å². The Balaban J connectivity index is 1.61. The predicted molar refractivity (Wildman–Crippen MR) is 97.8 cm³/mol. The molecule has 1 heterocycles. The second-order valence-corrected chi connectivity index (χ2v) is 7.64. The zero-order valence-electron chi connectivity index (χ0n) is 14.0. The molecule has 1 aromatic rings. The van der Waals surface area contributed by atoms with Crippen LogP contribution in [0.2, 0.25) is 0 Å². The summed E-state index contributed by atoms with van der Waals surface area (Å²) in [6, 6.07) is 7.54. The van der Waals surface area contributed by atoms with Gasteiger partial charge in [-0.2, -0.15) is 0 Å². The van der Waals surface area contributed by atoms with Crippen molar-refractivity contribution in [2.75, 3.05) is 26.2 Å². The average Bonchev–Trinajstić information content (AvgIpc) is 2.88. The monoisotopic (exact) mass is 392 g/mol.